The second-order valence-corrected chi connectivity index (χ2v) is 28.1. The number of aliphatic carboxylic acids is 2. The van der Waals surface area contributed by atoms with Gasteiger partial charge in [-0.1, -0.05) is 35.5 Å². The predicted molar refractivity (Wildman–Crippen MR) is 439 cm³/mol. The van der Waals surface area contributed by atoms with Gasteiger partial charge in [0.1, 0.15) is 17.8 Å². The fraction of sp³-hybridized carbons (Fsp3) is 0.595. The molecule has 3 aromatic heterocycles. The lowest BCUT2D eigenvalue weighted by atomic mass is 10.1. The van der Waals surface area contributed by atoms with Gasteiger partial charge in [0.25, 0.3) is 0 Å². The van der Waals surface area contributed by atoms with E-state index in [1.807, 2.05) is 54.6 Å². The van der Waals surface area contributed by atoms with Crippen LogP contribution in [0, 0.1) is 3.57 Å². The molecule has 4 heterocycles. The number of pyridine rings is 2. The minimum Gasteiger partial charge on any atom is -0.481 e. The normalized spacial score (nSPS) is 14.0. The number of ether oxygens (including phenoxy) is 10. The van der Waals surface area contributed by atoms with Crippen LogP contribution in [-0.2, 0) is 97.4 Å². The van der Waals surface area contributed by atoms with Gasteiger partial charge in [-0.25, -0.2) is 23.9 Å². The van der Waals surface area contributed by atoms with Gasteiger partial charge < -0.3 is 105 Å². The molecular formula is C79H119IN16O20. The van der Waals surface area contributed by atoms with Crippen LogP contribution in [0.3, 0.4) is 0 Å². The molecule has 116 heavy (non-hydrogen) atoms. The number of halogens is 1. The molecule has 642 valence electrons. The topological polar surface area (TPSA) is 441 Å². The van der Waals surface area contributed by atoms with Crippen LogP contribution in [-0.4, -0.2) is 296 Å². The van der Waals surface area contributed by atoms with E-state index in [1.165, 1.54) is 0 Å². The van der Waals surface area contributed by atoms with Crippen molar-refractivity contribution in [2.45, 2.75) is 115 Å². The second-order valence-electron chi connectivity index (χ2n) is 26.9. The molecule has 0 aliphatic carbocycles. The Labute approximate surface area is 692 Å². The van der Waals surface area contributed by atoms with Crippen LogP contribution < -0.4 is 47.9 Å². The molecule has 1 fully saturated rings. The van der Waals surface area contributed by atoms with Crippen LogP contribution in [0.25, 0.3) is 11.3 Å². The lowest BCUT2D eigenvalue weighted by Gasteiger charge is -2.23. The predicted octanol–water partition coefficient (Wildman–Crippen LogP) is 5.24. The maximum Gasteiger partial charge on any atom is 0.326 e. The molecule has 1 saturated heterocycles. The van der Waals surface area contributed by atoms with Gasteiger partial charge in [0.15, 0.2) is 0 Å². The molecule has 0 saturated carbocycles. The summed E-state index contributed by atoms with van der Waals surface area (Å²) in [6.45, 7) is 14.0. The largest absolute Gasteiger partial charge is 0.481 e. The Hall–Kier alpha value is -8.71. The summed E-state index contributed by atoms with van der Waals surface area (Å²) in [5.41, 5.74) is 5.14. The van der Waals surface area contributed by atoms with E-state index in [2.05, 4.69) is 101 Å². The summed E-state index contributed by atoms with van der Waals surface area (Å²) in [5, 5.41) is 51.6. The van der Waals surface area contributed by atoms with Crippen LogP contribution in [0.2, 0.25) is 0 Å². The second kappa shape index (κ2) is 61.6. The molecule has 2 atom stereocenters. The van der Waals surface area contributed by atoms with Crippen molar-refractivity contribution in [1.82, 2.24) is 72.0 Å². The maximum absolute atomic E-state index is 13.6. The van der Waals surface area contributed by atoms with Gasteiger partial charge in [0.2, 0.25) is 17.7 Å². The molecule has 11 N–H and O–H groups in total. The van der Waals surface area contributed by atoms with Crippen LogP contribution in [0.5, 0.6) is 0 Å². The lowest BCUT2D eigenvalue weighted by molar-refractivity contribution is -0.139. The zero-order chi connectivity index (χ0) is 82.5. The third-order valence-corrected chi connectivity index (χ3v) is 18.3. The van der Waals surface area contributed by atoms with Crippen molar-refractivity contribution < 1.29 is 95.9 Å². The number of carboxylic acid groups (broad SMARTS) is 2. The van der Waals surface area contributed by atoms with Gasteiger partial charge >= 0.3 is 30.0 Å². The van der Waals surface area contributed by atoms with E-state index in [-0.39, 0.29) is 75.7 Å². The highest BCUT2D eigenvalue weighted by Crippen LogP contribution is 2.21. The van der Waals surface area contributed by atoms with Crippen molar-refractivity contribution in [3.05, 3.63) is 118 Å². The van der Waals surface area contributed by atoms with E-state index in [1.54, 1.807) is 47.5 Å². The molecule has 1 aliphatic rings. The highest BCUT2D eigenvalue weighted by molar-refractivity contribution is 14.1. The number of carboxylic acids is 2. The van der Waals surface area contributed by atoms with E-state index in [0.29, 0.717) is 233 Å². The fourth-order valence-electron chi connectivity index (χ4n) is 11.4. The molecule has 6 rings (SSSR count). The summed E-state index contributed by atoms with van der Waals surface area (Å²) < 4.78 is 60.3. The highest BCUT2D eigenvalue weighted by Gasteiger charge is 2.22. The third-order valence-electron chi connectivity index (χ3n) is 17.5. The summed E-state index contributed by atoms with van der Waals surface area (Å²) in [6, 6.07) is 20.9. The number of carbonyl (C=O) groups is 8. The summed E-state index contributed by atoms with van der Waals surface area (Å²) in [7, 11) is 0. The number of benzene rings is 2. The summed E-state index contributed by atoms with van der Waals surface area (Å²) in [5.74, 6) is -2.88. The average Bonchev–Trinajstić information content (AvgIpc) is 1.83. The van der Waals surface area contributed by atoms with E-state index in [4.69, 9.17) is 52.5 Å². The van der Waals surface area contributed by atoms with Crippen LogP contribution in [0.4, 0.5) is 25.8 Å². The summed E-state index contributed by atoms with van der Waals surface area (Å²) in [6.07, 6.45) is 10.3. The number of rotatable bonds is 54. The monoisotopic (exact) mass is 1740 g/mol. The number of nitrogens with one attached hydrogen (secondary N) is 9. The average molecular weight is 1740 g/mol. The first-order valence-corrected chi connectivity index (χ1v) is 41.0. The number of unbranched alkanes of at least 4 members (excludes halogenated alkanes) is 4. The van der Waals surface area contributed by atoms with Gasteiger partial charge in [-0.15, -0.1) is 5.10 Å². The number of hydrogen-bond donors (Lipinski definition) is 11. The van der Waals surface area contributed by atoms with Crippen LogP contribution in [0.1, 0.15) is 94.0 Å². The summed E-state index contributed by atoms with van der Waals surface area (Å²) >= 11 is 2.23. The van der Waals surface area contributed by atoms with Crippen molar-refractivity contribution in [3.63, 3.8) is 0 Å². The minimum absolute atomic E-state index is 0.0296. The molecule has 0 radical (unpaired) electrons. The van der Waals surface area contributed by atoms with E-state index >= 15 is 0 Å². The molecule has 5 aromatic rings. The van der Waals surface area contributed by atoms with E-state index in [9.17, 15) is 43.5 Å². The van der Waals surface area contributed by atoms with E-state index < -0.39 is 36.1 Å². The number of amides is 9. The Morgan fingerprint density at radius 2 is 0.983 bits per heavy atom. The van der Waals surface area contributed by atoms with Gasteiger partial charge in [-0.05, 0) is 141 Å². The SMILES string of the molecule is O=C(O)CCCNC(=O)N[C@@H](CCCCNC(=O)Nc1cccc(-c2cn(CCOCCOCCOCCOCCOCCOCCC(=O)N[C@@H](CCCCNC(=O)Nc3ccnc(CN4CCOCCOCCN(Cc5ccccn5)CCOCCOCC4)c3)C(=O)NCCCCCNC(=O)Cc3ccc(I)cc3)nn2)c1)C(=O)O. The van der Waals surface area contributed by atoms with Gasteiger partial charge in [0.05, 0.1) is 163 Å². The molecule has 0 spiro atoms. The van der Waals surface area contributed by atoms with Crippen molar-refractivity contribution in [3.8, 4) is 11.3 Å². The fourth-order valence-corrected chi connectivity index (χ4v) is 11.7. The summed E-state index contributed by atoms with van der Waals surface area (Å²) in [4.78, 5) is 113. The minimum atomic E-state index is -1.20. The number of nitrogens with zero attached hydrogens (tertiary/aromatic N) is 7. The van der Waals surface area contributed by atoms with Crippen LogP contribution in [0.15, 0.2) is 97.5 Å². The first kappa shape index (κ1) is 96.1. The number of aromatic nitrogens is 5. The first-order valence-electron chi connectivity index (χ1n) is 39.9. The third kappa shape index (κ3) is 46.9. The van der Waals surface area contributed by atoms with Crippen molar-refractivity contribution >= 4 is 81.7 Å². The van der Waals surface area contributed by atoms with Crippen LogP contribution >= 0.6 is 22.6 Å². The quantitative estimate of drug-likeness (QED) is 0.0175. The Morgan fingerprint density at radius 1 is 0.466 bits per heavy atom. The van der Waals surface area contributed by atoms with Crippen molar-refractivity contribution in [2.24, 2.45) is 0 Å². The van der Waals surface area contributed by atoms with Gasteiger partial charge in [-0.3, -0.25) is 38.9 Å². The van der Waals surface area contributed by atoms with Crippen molar-refractivity contribution in [2.75, 3.05) is 202 Å². The Morgan fingerprint density at radius 3 is 1.56 bits per heavy atom. The van der Waals surface area contributed by atoms with Gasteiger partial charge in [0, 0.05) is 118 Å². The Balaban J connectivity index is 0.773. The Kier molecular flexibility index (Phi) is 51.1. The van der Waals surface area contributed by atoms with Gasteiger partial charge in [-0.2, -0.15) is 0 Å². The lowest BCUT2D eigenvalue weighted by Crippen LogP contribution is -2.47. The van der Waals surface area contributed by atoms with E-state index in [0.717, 1.165) is 52.0 Å². The molecule has 9 amide bonds. The molecule has 2 aromatic carbocycles. The number of carbonyl (C=O) groups excluding carboxylic acids is 6. The maximum atomic E-state index is 13.6. The smallest absolute Gasteiger partial charge is 0.326 e. The molecule has 0 bridgehead atoms. The Bertz CT molecular complexity index is 3540. The number of urea groups is 3. The molecule has 36 nitrogen and oxygen atoms in total. The number of hydrogen-bond acceptors (Lipinski definition) is 24. The highest BCUT2D eigenvalue weighted by atomic mass is 127. The molecule has 1 aliphatic heterocycles. The zero-order valence-corrected chi connectivity index (χ0v) is 68.6. The standard InChI is InChI=1S/C79H119IN16O20/c80-64-20-18-62(19-21-64)56-73(98)83-25-5-1-6-26-84-75(101)69(15-3-8-27-86-78(105)89-66-22-30-82-68(58-66)60-95-33-39-110-45-43-108-37-31-94(59-67-13-2-7-24-81-67)32-38-109-44-46-111-40-34-95)90-72(97)23-36-107-42-48-113-50-52-115-54-55-116-53-51-114-49-47-112-41-35-96-61-71(92-93-96)63-12-10-14-65(57-63)88-77(104)85-28-9-4-16-70(76(102)103)91-79(106)87-29-11-17-74(99)100/h2,7,10,12-14,18-22,24,30,57-58,61,69-70H,1,3-6,8-9,11,15-17,23,25-29,31-56,59-60H2,(H,83,98)(H,84,101)(H,90,97)(H,99,100)(H,102,103)(H2,85,88,104)(H2,87,91,106)(H2,82,86,89,105)/t69-,70-/m0/s1. The first-order chi connectivity index (χ1) is 56.6. The molecular weight excluding hydrogens is 1620 g/mol. The number of anilines is 2. The van der Waals surface area contributed by atoms with Crippen molar-refractivity contribution in [1.29, 1.82) is 0 Å². The zero-order valence-electron chi connectivity index (χ0n) is 66.5. The molecule has 0 unspecified atom stereocenters. The molecule has 37 heteroatoms.